The molecule has 1 aromatic carbocycles. The van der Waals surface area contributed by atoms with Crippen molar-refractivity contribution in [3.63, 3.8) is 0 Å². The van der Waals surface area contributed by atoms with E-state index in [1.54, 1.807) is 18.0 Å². The molecule has 1 atom stereocenters. The molecule has 1 fully saturated rings. The fourth-order valence-corrected chi connectivity index (χ4v) is 3.11. The number of nitrogens with one attached hydrogen (secondary N) is 2. The van der Waals surface area contributed by atoms with Crippen LogP contribution in [0.5, 0.6) is 0 Å². The zero-order chi connectivity index (χ0) is 14.7. The van der Waals surface area contributed by atoms with Crippen LogP contribution in [-0.4, -0.2) is 33.5 Å². The molecule has 2 N–H and O–H groups in total. The number of aromatic nitrogens is 2. The first-order chi connectivity index (χ1) is 10.2. The Labute approximate surface area is 127 Å². The van der Waals surface area contributed by atoms with E-state index in [1.165, 1.54) is 0 Å². The van der Waals surface area contributed by atoms with Gasteiger partial charge in [0.2, 0.25) is 5.91 Å². The molecule has 6 heteroatoms. The van der Waals surface area contributed by atoms with E-state index < -0.39 is 0 Å². The summed E-state index contributed by atoms with van der Waals surface area (Å²) in [6, 6.07) is 9.46. The van der Waals surface area contributed by atoms with Crippen LogP contribution < -0.4 is 10.6 Å². The van der Waals surface area contributed by atoms with Crippen LogP contribution in [0, 0.1) is 6.92 Å². The maximum absolute atomic E-state index is 12.1. The summed E-state index contributed by atoms with van der Waals surface area (Å²) in [7, 11) is 0. The minimum atomic E-state index is -0.111. The minimum absolute atomic E-state index is 0.0102. The fourth-order valence-electron chi connectivity index (χ4n) is 2.17. The molecule has 108 valence electrons. The van der Waals surface area contributed by atoms with Crippen molar-refractivity contribution < 1.29 is 4.79 Å². The Hall–Kier alpha value is -1.92. The number of benzene rings is 1. The summed E-state index contributed by atoms with van der Waals surface area (Å²) in [5, 5.41) is 6.11. The Morgan fingerprint density at radius 2 is 2.33 bits per heavy atom. The highest BCUT2D eigenvalue weighted by Gasteiger charge is 2.22. The number of anilines is 1. The number of carbonyl (C=O) groups is 1. The number of hydrogen-bond donors (Lipinski definition) is 2. The minimum Gasteiger partial charge on any atom is -0.325 e. The second-order valence-electron chi connectivity index (χ2n) is 4.83. The van der Waals surface area contributed by atoms with Crippen LogP contribution in [0.2, 0.25) is 0 Å². The number of aryl methyl sites for hydroxylation is 1. The first-order valence-corrected chi connectivity index (χ1v) is 7.90. The lowest BCUT2D eigenvalue weighted by molar-refractivity contribution is -0.117. The van der Waals surface area contributed by atoms with Gasteiger partial charge < -0.3 is 5.32 Å². The third kappa shape index (κ3) is 3.40. The molecule has 3 rings (SSSR count). The van der Waals surface area contributed by atoms with E-state index in [0.717, 1.165) is 34.4 Å². The normalized spacial score (nSPS) is 17.7. The van der Waals surface area contributed by atoms with Crippen LogP contribution in [0.25, 0.3) is 11.3 Å². The van der Waals surface area contributed by atoms with Gasteiger partial charge >= 0.3 is 0 Å². The van der Waals surface area contributed by atoms with E-state index >= 15 is 0 Å². The summed E-state index contributed by atoms with van der Waals surface area (Å²) < 4.78 is 0. The van der Waals surface area contributed by atoms with Gasteiger partial charge in [0.1, 0.15) is 5.82 Å². The van der Waals surface area contributed by atoms with Crippen molar-refractivity contribution in [1.82, 2.24) is 15.3 Å². The molecule has 1 unspecified atom stereocenters. The maximum atomic E-state index is 12.1. The SMILES string of the molecule is Cc1nccc(-c2cccc(NC(=O)C3CSCN3)c2)n1. The summed E-state index contributed by atoms with van der Waals surface area (Å²) in [4.78, 5) is 20.6. The van der Waals surface area contributed by atoms with E-state index in [4.69, 9.17) is 0 Å². The van der Waals surface area contributed by atoms with Crippen molar-refractivity contribution in [3.8, 4) is 11.3 Å². The van der Waals surface area contributed by atoms with Gasteiger partial charge in [-0.3, -0.25) is 10.1 Å². The van der Waals surface area contributed by atoms with Crippen molar-refractivity contribution in [2.45, 2.75) is 13.0 Å². The molecule has 21 heavy (non-hydrogen) atoms. The van der Waals surface area contributed by atoms with Gasteiger partial charge in [-0.25, -0.2) is 9.97 Å². The fraction of sp³-hybridized carbons (Fsp3) is 0.267. The van der Waals surface area contributed by atoms with Gasteiger partial charge in [-0.1, -0.05) is 12.1 Å². The predicted octanol–water partition coefficient (Wildman–Crippen LogP) is 2.05. The molecule has 1 amide bonds. The van der Waals surface area contributed by atoms with Crippen molar-refractivity contribution in [3.05, 3.63) is 42.4 Å². The summed E-state index contributed by atoms with van der Waals surface area (Å²) in [6.45, 7) is 1.86. The van der Waals surface area contributed by atoms with Crippen LogP contribution in [0.3, 0.4) is 0 Å². The Bertz CT molecular complexity index is 656. The van der Waals surface area contributed by atoms with Crippen molar-refractivity contribution in [2.24, 2.45) is 0 Å². The second-order valence-corrected chi connectivity index (χ2v) is 5.86. The number of thioether (sulfide) groups is 1. The van der Waals surface area contributed by atoms with E-state index in [1.807, 2.05) is 37.3 Å². The van der Waals surface area contributed by atoms with E-state index in [2.05, 4.69) is 20.6 Å². The molecule has 1 aromatic heterocycles. The topological polar surface area (TPSA) is 66.9 Å². The highest BCUT2D eigenvalue weighted by Crippen LogP contribution is 2.21. The highest BCUT2D eigenvalue weighted by atomic mass is 32.2. The Morgan fingerprint density at radius 1 is 1.43 bits per heavy atom. The molecule has 1 aliphatic heterocycles. The van der Waals surface area contributed by atoms with Crippen LogP contribution in [0.4, 0.5) is 5.69 Å². The van der Waals surface area contributed by atoms with E-state index in [0.29, 0.717) is 0 Å². The lowest BCUT2D eigenvalue weighted by Crippen LogP contribution is -2.37. The smallest absolute Gasteiger partial charge is 0.242 e. The molecular formula is C15H16N4OS. The van der Waals surface area contributed by atoms with Crippen LogP contribution >= 0.6 is 11.8 Å². The van der Waals surface area contributed by atoms with Gasteiger partial charge in [0.05, 0.1) is 11.7 Å². The molecule has 1 saturated heterocycles. The number of hydrogen-bond acceptors (Lipinski definition) is 5. The van der Waals surface area contributed by atoms with Gasteiger partial charge in [0.25, 0.3) is 0 Å². The third-order valence-electron chi connectivity index (χ3n) is 3.23. The Balaban J connectivity index is 1.78. The number of rotatable bonds is 3. The molecule has 5 nitrogen and oxygen atoms in total. The monoisotopic (exact) mass is 300 g/mol. The zero-order valence-electron chi connectivity index (χ0n) is 11.7. The van der Waals surface area contributed by atoms with Crippen LogP contribution in [-0.2, 0) is 4.79 Å². The number of carbonyl (C=O) groups excluding carboxylic acids is 1. The molecule has 2 aromatic rings. The molecule has 2 heterocycles. The predicted molar refractivity (Wildman–Crippen MR) is 85.1 cm³/mol. The number of amides is 1. The molecule has 0 radical (unpaired) electrons. The van der Waals surface area contributed by atoms with Crippen molar-refractivity contribution in [1.29, 1.82) is 0 Å². The zero-order valence-corrected chi connectivity index (χ0v) is 12.5. The highest BCUT2D eigenvalue weighted by molar-refractivity contribution is 7.99. The summed E-state index contributed by atoms with van der Waals surface area (Å²) >= 11 is 1.73. The van der Waals surface area contributed by atoms with Crippen LogP contribution in [0.15, 0.2) is 36.5 Å². The second kappa shape index (κ2) is 6.24. The molecule has 1 aliphatic rings. The standard InChI is InChI=1S/C15H16N4OS/c1-10-16-6-5-13(18-10)11-3-2-4-12(7-11)19-15(20)14-8-21-9-17-14/h2-7,14,17H,8-9H2,1H3,(H,19,20). The maximum Gasteiger partial charge on any atom is 0.242 e. The average Bonchev–Trinajstić information content (AvgIpc) is 3.02. The van der Waals surface area contributed by atoms with Gasteiger partial charge in [-0.2, -0.15) is 0 Å². The summed E-state index contributed by atoms with van der Waals surface area (Å²) in [6.07, 6.45) is 1.74. The molecule has 0 aliphatic carbocycles. The third-order valence-corrected chi connectivity index (χ3v) is 4.17. The van der Waals surface area contributed by atoms with E-state index in [-0.39, 0.29) is 11.9 Å². The largest absolute Gasteiger partial charge is 0.325 e. The Morgan fingerprint density at radius 3 is 3.10 bits per heavy atom. The molecule has 0 bridgehead atoms. The van der Waals surface area contributed by atoms with Gasteiger partial charge in [0, 0.05) is 29.1 Å². The van der Waals surface area contributed by atoms with E-state index in [9.17, 15) is 4.79 Å². The lowest BCUT2D eigenvalue weighted by atomic mass is 10.1. The van der Waals surface area contributed by atoms with Gasteiger partial charge in [0.15, 0.2) is 0 Å². The first kappa shape index (κ1) is 14.0. The van der Waals surface area contributed by atoms with Crippen molar-refractivity contribution >= 4 is 23.4 Å². The van der Waals surface area contributed by atoms with Gasteiger partial charge in [-0.15, -0.1) is 11.8 Å². The summed E-state index contributed by atoms with van der Waals surface area (Å²) in [5.41, 5.74) is 2.60. The Kier molecular flexibility index (Phi) is 4.17. The van der Waals surface area contributed by atoms with Crippen molar-refractivity contribution in [2.75, 3.05) is 16.9 Å². The quantitative estimate of drug-likeness (QED) is 0.908. The van der Waals surface area contributed by atoms with Crippen LogP contribution in [0.1, 0.15) is 5.82 Å². The molecular weight excluding hydrogens is 284 g/mol. The lowest BCUT2D eigenvalue weighted by Gasteiger charge is -2.11. The number of nitrogens with zero attached hydrogens (tertiary/aromatic N) is 2. The first-order valence-electron chi connectivity index (χ1n) is 6.74. The summed E-state index contributed by atoms with van der Waals surface area (Å²) in [5.74, 6) is 2.39. The van der Waals surface area contributed by atoms with Gasteiger partial charge in [-0.05, 0) is 25.1 Å². The molecule has 0 spiro atoms. The molecule has 0 saturated carbocycles. The average molecular weight is 300 g/mol.